The number of hydrogen-bond acceptors (Lipinski definition) is 4. The fourth-order valence-corrected chi connectivity index (χ4v) is 2.94. The number of halogens is 2. The Morgan fingerprint density at radius 2 is 1.93 bits per heavy atom. The molecule has 0 radical (unpaired) electrons. The standard InChI is InChI=1S/C19H24F2N4O2S/c1-24(2)17(26)12-23-19(22-11-16-5-4-10-28-16)25(3)13-14-6-8-15(9-7-14)27-18(20)21/h4-10,18H,11-13H2,1-3H3,(H,22,23). The van der Waals surface area contributed by atoms with E-state index in [0.29, 0.717) is 19.0 Å². The summed E-state index contributed by atoms with van der Waals surface area (Å²) in [7, 11) is 5.22. The number of hydrogen-bond donors (Lipinski definition) is 1. The lowest BCUT2D eigenvalue weighted by molar-refractivity contribution is -0.127. The number of benzene rings is 1. The summed E-state index contributed by atoms with van der Waals surface area (Å²) >= 11 is 1.63. The number of amides is 1. The predicted octanol–water partition coefficient (Wildman–Crippen LogP) is 3.02. The zero-order valence-electron chi connectivity index (χ0n) is 16.1. The summed E-state index contributed by atoms with van der Waals surface area (Å²) in [5.74, 6) is 0.594. The topological polar surface area (TPSA) is 57.2 Å². The number of carbonyl (C=O) groups is 1. The van der Waals surface area contributed by atoms with Crippen LogP contribution in [0.3, 0.4) is 0 Å². The van der Waals surface area contributed by atoms with Gasteiger partial charge in [0.25, 0.3) is 0 Å². The highest BCUT2D eigenvalue weighted by Crippen LogP contribution is 2.16. The average Bonchev–Trinajstić information content (AvgIpc) is 3.16. The first-order chi connectivity index (χ1) is 13.3. The van der Waals surface area contributed by atoms with Crippen LogP contribution in [-0.4, -0.2) is 56.0 Å². The third-order valence-electron chi connectivity index (χ3n) is 3.79. The Labute approximate surface area is 167 Å². The minimum absolute atomic E-state index is 0.0330. The van der Waals surface area contributed by atoms with E-state index < -0.39 is 6.61 Å². The Kier molecular flexibility index (Phi) is 8.19. The van der Waals surface area contributed by atoms with E-state index in [4.69, 9.17) is 0 Å². The number of ether oxygens (including phenoxy) is 1. The summed E-state index contributed by atoms with van der Waals surface area (Å²) in [5, 5.41) is 5.26. The van der Waals surface area contributed by atoms with Gasteiger partial charge in [-0.05, 0) is 29.1 Å². The second-order valence-electron chi connectivity index (χ2n) is 6.24. The molecule has 1 aromatic heterocycles. The van der Waals surface area contributed by atoms with Crippen LogP contribution in [0.4, 0.5) is 8.78 Å². The molecule has 6 nitrogen and oxygen atoms in total. The van der Waals surface area contributed by atoms with Crippen molar-refractivity contribution in [1.82, 2.24) is 15.1 Å². The van der Waals surface area contributed by atoms with E-state index in [1.165, 1.54) is 17.0 Å². The van der Waals surface area contributed by atoms with Gasteiger partial charge in [0, 0.05) is 32.6 Å². The Hall–Kier alpha value is -2.68. The highest BCUT2D eigenvalue weighted by Gasteiger charge is 2.11. The first-order valence-electron chi connectivity index (χ1n) is 8.61. The number of likely N-dealkylation sites (N-methyl/N-ethyl adjacent to an activating group) is 1. The molecule has 9 heteroatoms. The summed E-state index contributed by atoms with van der Waals surface area (Å²) in [6.45, 7) is -1.73. The van der Waals surface area contributed by atoms with E-state index in [1.807, 2.05) is 29.5 Å². The van der Waals surface area contributed by atoms with Gasteiger partial charge in [-0.1, -0.05) is 18.2 Å². The van der Waals surface area contributed by atoms with Crippen LogP contribution in [0.25, 0.3) is 0 Å². The van der Waals surface area contributed by atoms with Crippen LogP contribution in [0.15, 0.2) is 46.8 Å². The lowest BCUT2D eigenvalue weighted by Crippen LogP contribution is -2.39. The maximum Gasteiger partial charge on any atom is 0.387 e. The molecule has 152 valence electrons. The number of aliphatic imine (C=N–C) groups is 1. The van der Waals surface area contributed by atoms with E-state index in [-0.39, 0.29) is 18.2 Å². The second-order valence-corrected chi connectivity index (χ2v) is 7.27. The number of alkyl halides is 2. The van der Waals surface area contributed by atoms with Gasteiger partial charge in [0.15, 0.2) is 5.96 Å². The lowest BCUT2D eigenvalue weighted by atomic mass is 10.2. The fourth-order valence-electron chi connectivity index (χ4n) is 2.30. The third kappa shape index (κ3) is 7.15. The van der Waals surface area contributed by atoms with E-state index in [2.05, 4.69) is 15.0 Å². The van der Waals surface area contributed by atoms with Crippen LogP contribution < -0.4 is 10.1 Å². The Balaban J connectivity index is 2.04. The predicted molar refractivity (Wildman–Crippen MR) is 107 cm³/mol. The van der Waals surface area contributed by atoms with E-state index >= 15 is 0 Å². The number of carbonyl (C=O) groups excluding carboxylic acids is 1. The van der Waals surface area contributed by atoms with Crippen molar-refractivity contribution in [3.8, 4) is 5.75 Å². The van der Waals surface area contributed by atoms with Gasteiger partial charge in [-0.2, -0.15) is 8.78 Å². The van der Waals surface area contributed by atoms with Crippen LogP contribution in [0.2, 0.25) is 0 Å². The number of nitrogens with zero attached hydrogens (tertiary/aromatic N) is 3. The van der Waals surface area contributed by atoms with Crippen LogP contribution in [-0.2, 0) is 17.9 Å². The molecule has 0 aliphatic heterocycles. The second kappa shape index (κ2) is 10.6. The summed E-state index contributed by atoms with van der Waals surface area (Å²) in [6, 6.07) is 10.4. The Morgan fingerprint density at radius 3 is 2.50 bits per heavy atom. The molecule has 0 aliphatic rings. The zero-order chi connectivity index (χ0) is 20.5. The quantitative estimate of drug-likeness (QED) is 0.537. The molecule has 28 heavy (non-hydrogen) atoms. The monoisotopic (exact) mass is 410 g/mol. The first kappa shape index (κ1) is 21.6. The van der Waals surface area contributed by atoms with Crippen molar-refractivity contribution in [2.75, 3.05) is 27.7 Å². The van der Waals surface area contributed by atoms with Crippen molar-refractivity contribution in [1.29, 1.82) is 0 Å². The minimum Gasteiger partial charge on any atom is -0.435 e. The number of thiophene rings is 1. The van der Waals surface area contributed by atoms with Gasteiger partial charge in [0.2, 0.25) is 5.91 Å². The highest BCUT2D eigenvalue weighted by molar-refractivity contribution is 7.09. The van der Waals surface area contributed by atoms with Crippen molar-refractivity contribution in [2.45, 2.75) is 19.7 Å². The molecule has 0 saturated heterocycles. The number of guanidine groups is 1. The molecule has 0 unspecified atom stereocenters. The first-order valence-corrected chi connectivity index (χ1v) is 9.49. The van der Waals surface area contributed by atoms with Gasteiger partial charge in [-0.25, -0.2) is 4.99 Å². The molecule has 2 rings (SSSR count). The lowest BCUT2D eigenvalue weighted by Gasteiger charge is -2.23. The number of rotatable bonds is 8. The zero-order valence-corrected chi connectivity index (χ0v) is 16.9. The van der Waals surface area contributed by atoms with Gasteiger partial charge in [0.05, 0.1) is 6.54 Å². The molecule has 0 bridgehead atoms. The van der Waals surface area contributed by atoms with Crippen LogP contribution in [0.5, 0.6) is 5.75 Å². The highest BCUT2D eigenvalue weighted by atomic mass is 32.1. The van der Waals surface area contributed by atoms with Crippen molar-refractivity contribution in [3.63, 3.8) is 0 Å². The molecule has 0 spiro atoms. The SMILES string of the molecule is CN(C)C(=O)CN=C(NCc1cccs1)N(C)Cc1ccc(OC(F)F)cc1. The molecule has 0 fully saturated rings. The molecule has 1 aromatic carbocycles. The van der Waals surface area contributed by atoms with E-state index in [9.17, 15) is 13.6 Å². The number of nitrogens with one attached hydrogen (secondary N) is 1. The average molecular weight is 410 g/mol. The van der Waals surface area contributed by atoms with Gasteiger partial charge >= 0.3 is 6.61 Å². The Bertz CT molecular complexity index is 765. The van der Waals surface area contributed by atoms with Gasteiger partial charge in [-0.15, -0.1) is 11.3 Å². The van der Waals surface area contributed by atoms with E-state index in [1.54, 1.807) is 37.6 Å². The van der Waals surface area contributed by atoms with E-state index in [0.717, 1.165) is 10.4 Å². The maximum atomic E-state index is 12.3. The van der Waals surface area contributed by atoms with Crippen molar-refractivity contribution in [2.24, 2.45) is 4.99 Å². The van der Waals surface area contributed by atoms with Crippen LogP contribution >= 0.6 is 11.3 Å². The minimum atomic E-state index is -2.84. The normalized spacial score (nSPS) is 11.4. The van der Waals surface area contributed by atoms with Gasteiger partial charge in [-0.3, -0.25) is 4.79 Å². The molecule has 2 aromatic rings. The molecular weight excluding hydrogens is 386 g/mol. The van der Waals surface area contributed by atoms with Crippen molar-refractivity contribution in [3.05, 3.63) is 52.2 Å². The summed E-state index contributed by atoms with van der Waals surface area (Å²) < 4.78 is 28.9. The van der Waals surface area contributed by atoms with Crippen molar-refractivity contribution >= 4 is 23.2 Å². The van der Waals surface area contributed by atoms with Gasteiger partial charge < -0.3 is 19.9 Å². The smallest absolute Gasteiger partial charge is 0.387 e. The van der Waals surface area contributed by atoms with Crippen LogP contribution in [0, 0.1) is 0 Å². The molecule has 0 saturated carbocycles. The van der Waals surface area contributed by atoms with Crippen LogP contribution in [0.1, 0.15) is 10.4 Å². The maximum absolute atomic E-state index is 12.3. The third-order valence-corrected chi connectivity index (χ3v) is 4.67. The molecule has 0 atom stereocenters. The summed E-state index contributed by atoms with van der Waals surface area (Å²) in [6.07, 6.45) is 0. The molecule has 1 heterocycles. The Morgan fingerprint density at radius 1 is 1.21 bits per heavy atom. The largest absolute Gasteiger partial charge is 0.435 e. The summed E-state index contributed by atoms with van der Waals surface area (Å²) in [4.78, 5) is 20.8. The molecular formula is C19H24F2N4O2S. The van der Waals surface area contributed by atoms with Crippen molar-refractivity contribution < 1.29 is 18.3 Å². The fraction of sp³-hybridized carbons (Fsp3) is 0.368. The molecule has 0 aliphatic carbocycles. The molecule has 1 amide bonds. The summed E-state index contributed by atoms with van der Waals surface area (Å²) in [5.41, 5.74) is 0.897. The van der Waals surface area contributed by atoms with Gasteiger partial charge in [0.1, 0.15) is 12.3 Å². The molecule has 1 N–H and O–H groups in total.